The van der Waals surface area contributed by atoms with Gasteiger partial charge in [0.1, 0.15) is 6.61 Å². The molecule has 0 unspecified atom stereocenters. The van der Waals surface area contributed by atoms with E-state index in [1.54, 1.807) is 25.7 Å². The van der Waals surface area contributed by atoms with Crippen LogP contribution in [-0.2, 0) is 4.74 Å². The Balaban J connectivity index is 1.61. The number of nitrogens with one attached hydrogen (secondary N) is 2. The average molecular weight is 350 g/mol. The second-order valence-electron chi connectivity index (χ2n) is 5.86. The molecule has 0 aliphatic carbocycles. The van der Waals surface area contributed by atoms with E-state index in [0.717, 1.165) is 16.5 Å². The number of aromatic amines is 1. The van der Waals surface area contributed by atoms with E-state index in [-0.39, 0.29) is 6.10 Å². The van der Waals surface area contributed by atoms with E-state index < -0.39 is 0 Å². The van der Waals surface area contributed by atoms with Crippen LogP contribution in [0.15, 0.2) is 42.9 Å². The summed E-state index contributed by atoms with van der Waals surface area (Å²) in [7, 11) is 1.66. The minimum atomic E-state index is 0.00256. The van der Waals surface area contributed by atoms with Gasteiger partial charge in [0.15, 0.2) is 11.3 Å². The fourth-order valence-electron chi connectivity index (χ4n) is 2.59. The Morgan fingerprint density at radius 1 is 1.12 bits per heavy atom. The number of hydrogen-bond acceptors (Lipinski definition) is 7. The maximum Gasteiger partial charge on any atom is 0.221 e. The van der Waals surface area contributed by atoms with E-state index in [4.69, 9.17) is 9.47 Å². The zero-order valence-corrected chi connectivity index (χ0v) is 14.4. The van der Waals surface area contributed by atoms with Gasteiger partial charge in [-0.3, -0.25) is 5.10 Å². The van der Waals surface area contributed by atoms with Gasteiger partial charge < -0.3 is 14.8 Å². The number of benzene rings is 1. The second kappa shape index (κ2) is 6.93. The maximum absolute atomic E-state index is 5.78. The third-order valence-corrected chi connectivity index (χ3v) is 4.04. The van der Waals surface area contributed by atoms with Crippen molar-refractivity contribution in [2.24, 2.45) is 0 Å². The zero-order valence-electron chi connectivity index (χ0n) is 14.4. The molecule has 0 saturated carbocycles. The molecule has 3 aromatic heterocycles. The van der Waals surface area contributed by atoms with Crippen molar-refractivity contribution in [1.82, 2.24) is 25.1 Å². The molecule has 4 rings (SSSR count). The number of rotatable bonds is 6. The molecule has 132 valence electrons. The van der Waals surface area contributed by atoms with Crippen LogP contribution in [0.25, 0.3) is 21.9 Å². The van der Waals surface area contributed by atoms with Crippen LogP contribution in [0.5, 0.6) is 5.88 Å². The molecule has 1 atom stereocenters. The Kier molecular flexibility index (Phi) is 4.32. The van der Waals surface area contributed by atoms with Crippen LogP contribution in [0, 0.1) is 0 Å². The number of hydrogen-bond donors (Lipinski definition) is 2. The van der Waals surface area contributed by atoms with Crippen molar-refractivity contribution in [3.05, 3.63) is 42.9 Å². The first-order valence-corrected chi connectivity index (χ1v) is 8.21. The minimum Gasteiger partial charge on any atom is -0.474 e. The first-order chi connectivity index (χ1) is 12.7. The fraction of sp³-hybridized carbons (Fsp3) is 0.222. The largest absolute Gasteiger partial charge is 0.474 e. The molecule has 0 bridgehead atoms. The second-order valence-corrected chi connectivity index (χ2v) is 5.86. The highest BCUT2D eigenvalue weighted by Crippen LogP contribution is 2.28. The lowest BCUT2D eigenvalue weighted by molar-refractivity contribution is 0.0706. The summed E-state index contributed by atoms with van der Waals surface area (Å²) in [5.41, 5.74) is 2.17. The Labute approximate surface area is 149 Å². The van der Waals surface area contributed by atoms with Crippen LogP contribution in [0.2, 0.25) is 0 Å². The summed E-state index contributed by atoms with van der Waals surface area (Å²) >= 11 is 0. The lowest BCUT2D eigenvalue weighted by atomic mass is 10.1. The Hall–Kier alpha value is -3.26. The fourth-order valence-corrected chi connectivity index (χ4v) is 2.59. The number of nitrogens with zero attached hydrogens (tertiary/aromatic N) is 4. The maximum atomic E-state index is 5.78. The Morgan fingerprint density at radius 3 is 2.88 bits per heavy atom. The highest BCUT2D eigenvalue weighted by Gasteiger charge is 2.10. The normalized spacial score (nSPS) is 12.4. The van der Waals surface area contributed by atoms with E-state index >= 15 is 0 Å². The van der Waals surface area contributed by atoms with Crippen molar-refractivity contribution >= 4 is 33.4 Å². The number of anilines is 2. The predicted octanol–water partition coefficient (Wildman–Crippen LogP) is 3.06. The summed E-state index contributed by atoms with van der Waals surface area (Å²) in [6.07, 6.45) is 4.99. The van der Waals surface area contributed by atoms with Crippen molar-refractivity contribution in [2.45, 2.75) is 13.0 Å². The Morgan fingerprint density at radius 2 is 2.00 bits per heavy atom. The van der Waals surface area contributed by atoms with Crippen molar-refractivity contribution in [1.29, 1.82) is 0 Å². The van der Waals surface area contributed by atoms with Gasteiger partial charge in [0, 0.05) is 36.8 Å². The van der Waals surface area contributed by atoms with Crippen molar-refractivity contribution in [3.63, 3.8) is 0 Å². The van der Waals surface area contributed by atoms with Gasteiger partial charge >= 0.3 is 0 Å². The molecule has 0 saturated heterocycles. The third-order valence-electron chi connectivity index (χ3n) is 4.04. The number of pyridine rings is 1. The predicted molar refractivity (Wildman–Crippen MR) is 98.7 cm³/mol. The number of ether oxygens (including phenoxy) is 2. The van der Waals surface area contributed by atoms with Crippen LogP contribution in [-0.4, -0.2) is 45.0 Å². The lowest BCUT2D eigenvalue weighted by Crippen LogP contribution is -2.16. The molecule has 0 aliphatic heterocycles. The Bertz CT molecular complexity index is 1050. The standard InChI is InChI=1S/C18H18N6O2/c1-11(25-2)10-26-18-14-4-3-13(9-12(14)5-6-21-18)22-17-15-16(23-24-17)20-8-7-19-15/h3-9,11H,10H2,1-2H3,(H2,20,22,23,24)/t11-/m1/s1. The zero-order chi connectivity index (χ0) is 17.9. The number of H-pyrrole nitrogens is 1. The van der Waals surface area contributed by atoms with Gasteiger partial charge in [-0.15, -0.1) is 0 Å². The summed E-state index contributed by atoms with van der Waals surface area (Å²) in [6.45, 7) is 2.40. The SMILES string of the molecule is CO[C@H](C)COc1nccc2cc(Nc3[nH]nc4nccnc34)ccc12. The van der Waals surface area contributed by atoms with Crippen LogP contribution in [0.1, 0.15) is 6.92 Å². The van der Waals surface area contributed by atoms with Crippen molar-refractivity contribution < 1.29 is 9.47 Å². The molecule has 0 spiro atoms. The van der Waals surface area contributed by atoms with Crippen LogP contribution in [0.4, 0.5) is 11.5 Å². The van der Waals surface area contributed by atoms with Crippen LogP contribution >= 0.6 is 0 Å². The molecule has 0 fully saturated rings. The first kappa shape index (κ1) is 16.2. The molecular formula is C18H18N6O2. The number of methoxy groups -OCH3 is 1. The monoisotopic (exact) mass is 350 g/mol. The van der Waals surface area contributed by atoms with E-state index in [1.165, 1.54) is 0 Å². The van der Waals surface area contributed by atoms with Gasteiger partial charge in [0.2, 0.25) is 11.5 Å². The van der Waals surface area contributed by atoms with Crippen molar-refractivity contribution in [2.75, 3.05) is 19.0 Å². The molecule has 8 nitrogen and oxygen atoms in total. The van der Waals surface area contributed by atoms with Gasteiger partial charge in [-0.05, 0) is 36.6 Å². The van der Waals surface area contributed by atoms with E-state index in [0.29, 0.717) is 29.5 Å². The van der Waals surface area contributed by atoms with E-state index in [1.807, 2.05) is 31.2 Å². The summed E-state index contributed by atoms with van der Waals surface area (Å²) in [4.78, 5) is 12.8. The van der Waals surface area contributed by atoms with Crippen molar-refractivity contribution in [3.8, 4) is 5.88 Å². The molecule has 0 radical (unpaired) electrons. The molecule has 2 N–H and O–H groups in total. The van der Waals surface area contributed by atoms with E-state index in [2.05, 4.69) is 30.5 Å². The molecule has 1 aromatic carbocycles. The summed E-state index contributed by atoms with van der Waals surface area (Å²) in [5, 5.41) is 12.3. The molecule has 26 heavy (non-hydrogen) atoms. The molecule has 0 amide bonds. The average Bonchev–Trinajstić information content (AvgIpc) is 3.08. The summed E-state index contributed by atoms with van der Waals surface area (Å²) in [5.74, 6) is 1.29. The smallest absolute Gasteiger partial charge is 0.221 e. The topological polar surface area (TPSA) is 97.8 Å². The van der Waals surface area contributed by atoms with Gasteiger partial charge in [0.05, 0.1) is 6.10 Å². The highest BCUT2D eigenvalue weighted by atomic mass is 16.5. The lowest BCUT2D eigenvalue weighted by Gasteiger charge is -2.13. The third kappa shape index (κ3) is 3.14. The van der Waals surface area contributed by atoms with E-state index in [9.17, 15) is 0 Å². The highest BCUT2D eigenvalue weighted by molar-refractivity contribution is 5.91. The molecule has 0 aliphatic rings. The molecule has 8 heteroatoms. The van der Waals surface area contributed by atoms with Crippen LogP contribution in [0.3, 0.4) is 0 Å². The first-order valence-electron chi connectivity index (χ1n) is 8.21. The minimum absolute atomic E-state index is 0.00256. The number of fused-ring (bicyclic) bond motifs is 2. The van der Waals surface area contributed by atoms with Crippen LogP contribution < -0.4 is 10.1 Å². The van der Waals surface area contributed by atoms with Gasteiger partial charge in [-0.1, -0.05) is 0 Å². The van der Waals surface area contributed by atoms with Gasteiger partial charge in [-0.2, -0.15) is 5.10 Å². The molecular weight excluding hydrogens is 332 g/mol. The molecule has 3 heterocycles. The number of aromatic nitrogens is 5. The summed E-state index contributed by atoms with van der Waals surface area (Å²) in [6, 6.07) is 7.89. The van der Waals surface area contributed by atoms with Gasteiger partial charge in [0.25, 0.3) is 0 Å². The quantitative estimate of drug-likeness (QED) is 0.551. The molecule has 4 aromatic rings. The van der Waals surface area contributed by atoms with Gasteiger partial charge in [-0.25, -0.2) is 15.0 Å². The summed E-state index contributed by atoms with van der Waals surface area (Å²) < 4.78 is 11.0.